The molecular formula is C67H114O6. The Morgan fingerprint density at radius 1 is 0.288 bits per heavy atom. The van der Waals surface area contributed by atoms with Crippen molar-refractivity contribution in [1.82, 2.24) is 0 Å². The van der Waals surface area contributed by atoms with E-state index in [-0.39, 0.29) is 31.1 Å². The average Bonchev–Trinajstić information content (AvgIpc) is 3.39. The van der Waals surface area contributed by atoms with Crippen molar-refractivity contribution in [1.29, 1.82) is 0 Å². The molecule has 6 nitrogen and oxygen atoms in total. The van der Waals surface area contributed by atoms with Crippen LogP contribution in [0, 0.1) is 0 Å². The van der Waals surface area contributed by atoms with Gasteiger partial charge in [-0.1, -0.05) is 266 Å². The van der Waals surface area contributed by atoms with Crippen LogP contribution in [0.3, 0.4) is 0 Å². The van der Waals surface area contributed by atoms with Crippen molar-refractivity contribution >= 4 is 17.9 Å². The van der Waals surface area contributed by atoms with Crippen LogP contribution < -0.4 is 0 Å². The standard InChI is InChI=1S/C67H114O6/c1-4-7-10-13-16-19-22-25-28-30-32-33-34-35-36-38-39-42-45-48-51-54-57-60-66(69)72-63-64(62-71-65(68)59-56-53-50-47-44-41-27-24-21-18-15-12-9-6-3)73-67(70)61-58-55-52-49-46-43-40-37-31-29-26-23-20-17-14-11-8-5-2/h7,10,16,19-20,23,25,28-29,31-33,35-36,39,42,64H,4-6,8-9,11-15,17-18,21-22,24,26-27,30,34,37-38,40-41,43-63H2,1-3H3/b10-7-,19-16-,23-20-,28-25-,31-29-,33-32-,36-35-,42-39-. The number of carbonyl (C=O) groups is 3. The average molecular weight is 1020 g/mol. The van der Waals surface area contributed by atoms with Gasteiger partial charge in [-0.05, 0) is 103 Å². The Morgan fingerprint density at radius 2 is 0.534 bits per heavy atom. The van der Waals surface area contributed by atoms with Crippen molar-refractivity contribution in [3.63, 3.8) is 0 Å². The van der Waals surface area contributed by atoms with Gasteiger partial charge < -0.3 is 14.2 Å². The lowest BCUT2D eigenvalue weighted by Gasteiger charge is -2.18. The Kier molecular flexibility index (Phi) is 57.8. The van der Waals surface area contributed by atoms with Crippen LogP contribution in [0.25, 0.3) is 0 Å². The zero-order chi connectivity index (χ0) is 52.9. The summed E-state index contributed by atoms with van der Waals surface area (Å²) in [5.41, 5.74) is 0. The molecule has 0 aliphatic heterocycles. The summed E-state index contributed by atoms with van der Waals surface area (Å²) in [6.45, 7) is 6.50. The van der Waals surface area contributed by atoms with Crippen LogP contribution >= 0.6 is 0 Å². The van der Waals surface area contributed by atoms with Crippen LogP contribution in [0.4, 0.5) is 0 Å². The van der Waals surface area contributed by atoms with Crippen LogP contribution in [0.2, 0.25) is 0 Å². The molecule has 0 aliphatic carbocycles. The summed E-state index contributed by atoms with van der Waals surface area (Å²) in [6, 6.07) is 0. The first-order chi connectivity index (χ1) is 36.0. The molecule has 1 unspecified atom stereocenters. The number of allylic oxidation sites excluding steroid dienone is 16. The van der Waals surface area contributed by atoms with Gasteiger partial charge >= 0.3 is 17.9 Å². The van der Waals surface area contributed by atoms with Crippen molar-refractivity contribution in [2.24, 2.45) is 0 Å². The molecule has 6 heteroatoms. The van der Waals surface area contributed by atoms with Gasteiger partial charge in [0.15, 0.2) is 6.10 Å². The number of carbonyl (C=O) groups excluding carboxylic acids is 3. The number of unbranched alkanes of at least 4 members (excludes halogenated alkanes) is 28. The number of rotatable bonds is 55. The van der Waals surface area contributed by atoms with E-state index in [2.05, 4.69) is 118 Å². The van der Waals surface area contributed by atoms with Gasteiger partial charge in [0.2, 0.25) is 0 Å². The van der Waals surface area contributed by atoms with Gasteiger partial charge in [-0.2, -0.15) is 0 Å². The third-order valence-electron chi connectivity index (χ3n) is 13.1. The third kappa shape index (κ3) is 59.1. The number of ether oxygens (including phenoxy) is 3. The zero-order valence-corrected chi connectivity index (χ0v) is 47.9. The fourth-order valence-corrected chi connectivity index (χ4v) is 8.48. The van der Waals surface area contributed by atoms with Gasteiger partial charge in [-0.25, -0.2) is 0 Å². The maximum absolute atomic E-state index is 12.9. The second-order valence-electron chi connectivity index (χ2n) is 20.2. The molecular weight excluding hydrogens is 901 g/mol. The molecule has 1 atom stereocenters. The predicted molar refractivity (Wildman–Crippen MR) is 316 cm³/mol. The lowest BCUT2D eigenvalue weighted by Crippen LogP contribution is -2.30. The number of hydrogen-bond donors (Lipinski definition) is 0. The van der Waals surface area contributed by atoms with E-state index in [0.717, 1.165) is 122 Å². The van der Waals surface area contributed by atoms with Crippen LogP contribution in [-0.2, 0) is 28.6 Å². The molecule has 0 heterocycles. The van der Waals surface area contributed by atoms with Crippen LogP contribution in [0.1, 0.15) is 290 Å². The van der Waals surface area contributed by atoms with E-state index in [1.807, 2.05) is 0 Å². The van der Waals surface area contributed by atoms with E-state index in [9.17, 15) is 14.4 Å². The van der Waals surface area contributed by atoms with Crippen molar-refractivity contribution in [2.45, 2.75) is 297 Å². The molecule has 0 fully saturated rings. The van der Waals surface area contributed by atoms with Crippen molar-refractivity contribution < 1.29 is 28.6 Å². The fourth-order valence-electron chi connectivity index (χ4n) is 8.48. The summed E-state index contributed by atoms with van der Waals surface area (Å²) in [7, 11) is 0. The van der Waals surface area contributed by atoms with Crippen LogP contribution in [0.15, 0.2) is 97.2 Å². The van der Waals surface area contributed by atoms with E-state index in [4.69, 9.17) is 14.2 Å². The molecule has 0 rings (SSSR count). The van der Waals surface area contributed by atoms with Gasteiger partial charge in [0.25, 0.3) is 0 Å². The van der Waals surface area contributed by atoms with Crippen LogP contribution in [0.5, 0.6) is 0 Å². The first-order valence-electron chi connectivity index (χ1n) is 30.7. The molecule has 0 spiro atoms. The molecule has 0 aromatic rings. The van der Waals surface area contributed by atoms with Crippen molar-refractivity contribution in [3.8, 4) is 0 Å². The molecule has 0 aromatic heterocycles. The largest absolute Gasteiger partial charge is 0.462 e. The molecule has 418 valence electrons. The molecule has 0 aromatic carbocycles. The molecule has 0 aliphatic rings. The summed E-state index contributed by atoms with van der Waals surface area (Å²) >= 11 is 0. The highest BCUT2D eigenvalue weighted by molar-refractivity contribution is 5.71. The summed E-state index contributed by atoms with van der Waals surface area (Å²) in [5.74, 6) is -0.912. The molecule has 0 saturated carbocycles. The highest BCUT2D eigenvalue weighted by atomic mass is 16.6. The second kappa shape index (κ2) is 60.9. The quantitative estimate of drug-likeness (QED) is 0.0261. The molecule has 73 heavy (non-hydrogen) atoms. The summed E-state index contributed by atoms with van der Waals surface area (Å²) < 4.78 is 16.9. The predicted octanol–water partition coefficient (Wildman–Crippen LogP) is 20.9. The normalized spacial score (nSPS) is 12.8. The first-order valence-corrected chi connectivity index (χ1v) is 30.7. The van der Waals surface area contributed by atoms with E-state index in [1.165, 1.54) is 128 Å². The van der Waals surface area contributed by atoms with Gasteiger partial charge in [0.1, 0.15) is 13.2 Å². The summed E-state index contributed by atoms with van der Waals surface area (Å²) in [4.78, 5) is 38.3. The maximum atomic E-state index is 12.9. The van der Waals surface area contributed by atoms with Crippen molar-refractivity contribution in [2.75, 3.05) is 13.2 Å². The second-order valence-corrected chi connectivity index (χ2v) is 20.2. The monoisotopic (exact) mass is 1010 g/mol. The number of hydrogen-bond acceptors (Lipinski definition) is 6. The summed E-state index contributed by atoms with van der Waals surface area (Å²) in [5, 5.41) is 0. The highest BCUT2D eigenvalue weighted by Crippen LogP contribution is 2.16. The minimum Gasteiger partial charge on any atom is -0.462 e. The minimum absolute atomic E-state index is 0.0872. The van der Waals surface area contributed by atoms with Gasteiger partial charge in [-0.15, -0.1) is 0 Å². The maximum Gasteiger partial charge on any atom is 0.306 e. The Hall–Kier alpha value is -3.67. The van der Waals surface area contributed by atoms with E-state index in [0.29, 0.717) is 19.3 Å². The Balaban J connectivity index is 4.43. The van der Waals surface area contributed by atoms with Crippen molar-refractivity contribution in [3.05, 3.63) is 97.2 Å². The Bertz CT molecular complexity index is 1440. The lowest BCUT2D eigenvalue weighted by molar-refractivity contribution is -0.167. The molecule has 0 radical (unpaired) electrons. The Morgan fingerprint density at radius 3 is 0.849 bits per heavy atom. The summed E-state index contributed by atoms with van der Waals surface area (Å²) in [6.07, 6.45) is 81.1. The molecule has 0 amide bonds. The van der Waals surface area contributed by atoms with Crippen LogP contribution in [-0.4, -0.2) is 37.2 Å². The molecule has 0 N–H and O–H groups in total. The zero-order valence-electron chi connectivity index (χ0n) is 47.9. The van der Waals surface area contributed by atoms with E-state index in [1.54, 1.807) is 0 Å². The highest BCUT2D eigenvalue weighted by Gasteiger charge is 2.19. The van der Waals surface area contributed by atoms with E-state index >= 15 is 0 Å². The fraction of sp³-hybridized carbons (Fsp3) is 0.716. The molecule has 0 bridgehead atoms. The first kappa shape index (κ1) is 69.3. The SMILES string of the molecule is CC/C=C\C/C=C\C/C=C\C/C=C\C/C=C\C/C=C\CCCCCCC(=O)OCC(COC(=O)CCCCCCCCCCCCCCCC)OC(=O)CCCCCCCCC/C=C\C/C=C\CCCCCC. The lowest BCUT2D eigenvalue weighted by atomic mass is 10.0. The topological polar surface area (TPSA) is 78.9 Å². The smallest absolute Gasteiger partial charge is 0.306 e. The number of esters is 3. The van der Waals surface area contributed by atoms with Gasteiger partial charge in [0, 0.05) is 19.3 Å². The molecule has 0 saturated heterocycles. The third-order valence-corrected chi connectivity index (χ3v) is 13.1. The van der Waals surface area contributed by atoms with Gasteiger partial charge in [0.05, 0.1) is 0 Å². The minimum atomic E-state index is -0.793. The van der Waals surface area contributed by atoms with Gasteiger partial charge in [-0.3, -0.25) is 14.4 Å². The van der Waals surface area contributed by atoms with E-state index < -0.39 is 6.10 Å². The Labute approximate surface area is 451 Å².